The van der Waals surface area contributed by atoms with Crippen molar-refractivity contribution in [1.82, 2.24) is 49.8 Å². The third kappa shape index (κ3) is 26.4. The first-order valence-corrected chi connectivity index (χ1v) is 52.4. The lowest BCUT2D eigenvalue weighted by molar-refractivity contribution is 0.578. The van der Waals surface area contributed by atoms with E-state index < -0.39 is 66.3 Å². The van der Waals surface area contributed by atoms with Gasteiger partial charge in [-0.2, -0.15) is 8.78 Å². The molecule has 5 atom stereocenters. The van der Waals surface area contributed by atoms with Crippen molar-refractivity contribution in [2.24, 2.45) is 0 Å². The highest BCUT2D eigenvalue weighted by Gasteiger charge is 2.19. The Kier molecular flexibility index (Phi) is 28.4. The second-order valence-electron chi connectivity index (χ2n) is 32.0. The average molecular weight is 1980 g/mol. The summed E-state index contributed by atoms with van der Waals surface area (Å²) in [5.41, 5.74) is 9.96. The Morgan fingerprint density at radius 1 is 0.250 bits per heavy atom. The lowest BCUT2D eigenvalue weighted by atomic mass is 10.1. The molecule has 0 saturated heterocycles. The highest BCUT2D eigenvalue weighted by Crippen LogP contribution is 2.37. The van der Waals surface area contributed by atoms with Crippen LogP contribution in [0.1, 0.15) is 0 Å². The molecule has 0 aliphatic heterocycles. The summed E-state index contributed by atoms with van der Waals surface area (Å²) < 4.78 is 172. The third-order valence-electron chi connectivity index (χ3n) is 19.7. The van der Waals surface area contributed by atoms with Gasteiger partial charge in [0.25, 0.3) is 30.1 Å². The van der Waals surface area contributed by atoms with Crippen molar-refractivity contribution in [3.8, 4) is 56.6 Å². The Morgan fingerprint density at radius 2 is 0.614 bits per heavy atom. The van der Waals surface area contributed by atoms with Crippen molar-refractivity contribution in [2.45, 2.75) is 0 Å². The predicted octanol–water partition coefficient (Wildman–Crippen LogP) is 22.2. The number of fused-ring (bicyclic) bond motifs is 5. The van der Waals surface area contributed by atoms with Crippen LogP contribution >= 0.6 is 0 Å². The molecule has 40 heteroatoms. The van der Waals surface area contributed by atoms with Gasteiger partial charge in [0.1, 0.15) is 17.5 Å². The average Bonchev–Trinajstić information content (AvgIpc) is 1.37. The fourth-order valence-corrected chi connectivity index (χ4v) is 17.0. The zero-order valence-corrected chi connectivity index (χ0v) is 79.0. The smallest absolute Gasteiger partial charge is 0.299 e. The van der Waals surface area contributed by atoms with E-state index in [2.05, 4.69) is 129 Å². The van der Waals surface area contributed by atoms with Crippen LogP contribution < -0.4 is 50.2 Å². The summed E-state index contributed by atoms with van der Waals surface area (Å²) in [6.45, 7) is 0. The Bertz CT molecular complexity index is 8510. The van der Waals surface area contributed by atoms with Crippen molar-refractivity contribution in [3.63, 3.8) is 0 Å². The molecule has 710 valence electrons. The minimum atomic E-state index is -2.38. The molecule has 140 heavy (non-hydrogen) atoms. The van der Waals surface area contributed by atoms with Gasteiger partial charge in [-0.15, -0.1) is 0 Å². The van der Waals surface area contributed by atoms with E-state index in [1.807, 2.05) is 72.8 Å². The topological polar surface area (TPSA) is 400 Å². The zero-order valence-electron chi connectivity index (χ0n) is 74.9. The van der Waals surface area contributed by atoms with E-state index in [1.165, 1.54) is 86.7 Å². The summed E-state index contributed by atoms with van der Waals surface area (Å²) in [6.07, 6.45) is 27.4. The van der Waals surface area contributed by atoms with Crippen LogP contribution in [-0.4, -0.2) is 132 Å². The molecule has 5 unspecified atom stereocenters. The van der Waals surface area contributed by atoms with Gasteiger partial charge in [-0.25, -0.2) is 69.1 Å². The summed E-state index contributed by atoms with van der Waals surface area (Å²) in [4.78, 5) is 40.1. The van der Waals surface area contributed by atoms with Crippen LogP contribution in [0.15, 0.2) is 327 Å². The molecule has 20 rings (SSSR count). The summed E-state index contributed by atoms with van der Waals surface area (Å²) >= 11 is 0. The van der Waals surface area contributed by atoms with Crippen molar-refractivity contribution in [1.29, 1.82) is 0 Å². The third-order valence-corrected chi connectivity index (χ3v) is 23.1. The number of halogens is 5. The van der Waals surface area contributed by atoms with Gasteiger partial charge in [0.2, 0.25) is 11.9 Å². The largest absolute Gasteiger partial charge is 0.423 e. The van der Waals surface area contributed by atoms with Gasteiger partial charge in [-0.1, -0.05) is 60.7 Å². The van der Waals surface area contributed by atoms with Gasteiger partial charge in [-0.3, -0.25) is 15.0 Å². The monoisotopic (exact) mass is 1980 g/mol. The second-order valence-corrected chi connectivity index (χ2v) is 43.1. The molecule has 0 saturated carbocycles. The van der Waals surface area contributed by atoms with Gasteiger partial charge in [0.05, 0.1) is 42.7 Å². The molecule has 0 radical (unpaired) electrons. The molecule has 20 aromatic rings. The summed E-state index contributed by atoms with van der Waals surface area (Å²) in [5, 5.41) is 21.9. The van der Waals surface area contributed by atoms with E-state index in [9.17, 15) is 43.0 Å². The minimum absolute atomic E-state index is 0.216. The van der Waals surface area contributed by atoms with Crippen molar-refractivity contribution >= 4 is 219 Å². The molecule has 0 bridgehead atoms. The molecule has 30 nitrogen and oxygen atoms in total. The normalized spacial score (nSPS) is 13.2. The second kappa shape index (κ2) is 41.3. The van der Waals surface area contributed by atoms with Crippen LogP contribution in [0.25, 0.3) is 110 Å². The van der Waals surface area contributed by atoms with E-state index in [0.717, 1.165) is 38.1 Å². The molecule has 10 heterocycles. The predicted molar refractivity (Wildman–Crippen MR) is 559 cm³/mol. The van der Waals surface area contributed by atoms with E-state index in [-0.39, 0.29) is 29.7 Å². The van der Waals surface area contributed by atoms with E-state index >= 15 is 0 Å². The number of hydrogen-bond donors (Lipinski definition) is 10. The number of oxazole rings is 5. The van der Waals surface area contributed by atoms with Crippen molar-refractivity contribution < 1.29 is 65.1 Å². The number of pyridine rings is 5. The van der Waals surface area contributed by atoms with Gasteiger partial charge >= 0.3 is 0 Å². The lowest BCUT2D eigenvalue weighted by Crippen LogP contribution is -2.09. The SMILES string of the molecule is C=S(C)(=O)Nc1cccc(Nc2ncc(-c3cc(F)c4cnccc4c3)o2)c1.C=S(C)(=O)Nc1cccc(Nc2ncc(-c3cc4ccncc4cc3F)o2)c1.C=S(C)(=O)Nc1cccc(Nc2ncc(-c3ccc4c(F)nccc4c3)o2)c1.C=S(C)(=O)Nc1cccc(Nc2ncc(-c3ccc4cnc(F)cc4c3)o2)c1.C=S(C)(=O)Nc1cccc(Nc2ncc(-c3ccc4cncc(F)c4c3)o2)c1. The highest BCUT2D eigenvalue weighted by molar-refractivity contribution is 8.02. The molecular formula is C100H85F5N20O10S5. The number of rotatable bonds is 25. The standard InChI is InChI=1S/5C20H17FN4O2S/c1-28(2,26)25-16-5-3-4-15(10-16)24-20-23-12-19(27-20)17-8-13-6-7-22-11-14(13)9-18(17)21;1-28(2,26)25-16-5-3-4-15(10-16)24-20-23-12-19(27-20)14-8-13-6-7-22-11-17(13)18(21)9-14;1-28(2,26)25-17-5-3-4-16(10-17)24-20-23-12-18(27-20)13-6-7-14-11-22-19(21)9-15(14)8-13;1-28(2,26)25-16-5-3-4-15(9-16)24-20-23-12-19(27-20)13-6-7-14-10-22-11-18(21)17(14)8-13;1-28(2,26)25-16-5-3-4-15(11-16)24-20-23-12-18(27-20)14-6-7-17-13(10-14)8-9-22-19(17)21/h5*3-12H,1H2,2H3,(H,23,24)(H,25,26). The highest BCUT2D eigenvalue weighted by atomic mass is 32.2. The maximum Gasteiger partial charge on any atom is 0.299 e. The van der Waals surface area contributed by atoms with E-state index in [4.69, 9.17) is 22.1 Å². The molecule has 10 N–H and O–H groups in total. The van der Waals surface area contributed by atoms with Crippen LogP contribution in [-0.2, 0) is 48.5 Å². The maximum absolute atomic E-state index is 14.5. The Labute approximate surface area is 800 Å². The molecular weight excluding hydrogens is 1900 g/mol. The number of anilines is 15. The van der Waals surface area contributed by atoms with Gasteiger partial charge in [-0.05, 0) is 209 Å². The molecule has 0 spiro atoms. The molecule has 0 aliphatic rings. The van der Waals surface area contributed by atoms with E-state index in [0.29, 0.717) is 141 Å². The maximum atomic E-state index is 14.5. The van der Waals surface area contributed by atoms with Crippen molar-refractivity contribution in [3.05, 3.63) is 334 Å². The van der Waals surface area contributed by atoms with Crippen LogP contribution in [0, 0.1) is 29.3 Å². The first-order valence-electron chi connectivity index (χ1n) is 41.7. The Morgan fingerprint density at radius 3 is 1.07 bits per heavy atom. The van der Waals surface area contributed by atoms with Crippen LogP contribution in [0.5, 0.6) is 0 Å². The van der Waals surface area contributed by atoms with Crippen LogP contribution in [0.4, 0.5) is 109 Å². The lowest BCUT2D eigenvalue weighted by Gasteiger charge is -2.09. The number of nitrogens with zero attached hydrogens (tertiary/aromatic N) is 10. The molecule has 0 fully saturated rings. The number of benzene rings is 10. The fraction of sp³-hybridized carbons (Fsp3) is 0.0500. The summed E-state index contributed by atoms with van der Waals surface area (Å²) in [6, 6.07) is 66.4. The first kappa shape index (κ1) is 96.2. The number of hydrogen-bond acceptors (Lipinski definition) is 25. The fourth-order valence-electron chi connectivity index (χ4n) is 13.9. The van der Waals surface area contributed by atoms with Crippen molar-refractivity contribution in [2.75, 3.05) is 81.5 Å². The quantitative estimate of drug-likeness (QED) is 0.0144. The summed E-state index contributed by atoms with van der Waals surface area (Å²) in [5.74, 6) is 18.0. The van der Waals surface area contributed by atoms with Crippen LogP contribution in [0.3, 0.4) is 0 Å². The minimum Gasteiger partial charge on any atom is -0.423 e. The van der Waals surface area contributed by atoms with Gasteiger partial charge in [0.15, 0.2) is 28.8 Å². The zero-order chi connectivity index (χ0) is 98.6. The van der Waals surface area contributed by atoms with E-state index in [1.54, 1.807) is 177 Å². The van der Waals surface area contributed by atoms with Crippen LogP contribution in [0.2, 0.25) is 0 Å². The number of nitrogens with one attached hydrogen (secondary N) is 10. The molecule has 0 aliphatic carbocycles. The molecule has 10 aromatic carbocycles. The number of aromatic nitrogens is 10. The Hall–Kier alpha value is -17.0. The Balaban J connectivity index is 0.000000126. The summed E-state index contributed by atoms with van der Waals surface area (Å²) in [7, 11) is -11.9. The first-order chi connectivity index (χ1) is 66.8. The molecule has 0 amide bonds. The van der Waals surface area contributed by atoms with Gasteiger partial charge in [0, 0.05) is 241 Å². The molecule has 10 aromatic heterocycles. The van der Waals surface area contributed by atoms with Gasteiger partial charge < -0.3 is 72.3 Å².